The number of hydrogen-bond donors (Lipinski definition) is 2. The fourth-order valence-electron chi connectivity index (χ4n) is 2.96. The highest BCUT2D eigenvalue weighted by molar-refractivity contribution is 7.87. The molecule has 0 unspecified atom stereocenters. The summed E-state index contributed by atoms with van der Waals surface area (Å²) in [5.74, 6) is 0.693. The molecule has 2 N–H and O–H groups in total. The van der Waals surface area contributed by atoms with Gasteiger partial charge in [0.2, 0.25) is 0 Å². The summed E-state index contributed by atoms with van der Waals surface area (Å²) in [5.41, 5.74) is 0.614. The summed E-state index contributed by atoms with van der Waals surface area (Å²) >= 11 is 0. The molecule has 156 valence electrons. The van der Waals surface area contributed by atoms with Crippen LogP contribution in [0.3, 0.4) is 0 Å². The standard InChI is InChI=1S/C20H24N2O6S/c1-26-17-9-7-16(8-10-17)13-21-20(14-27-15-20)19(22-23)11-12-29(24,25)28-18-5-3-2-4-6-18/h2-10,21,23H,11-15H2,1H3. The Balaban J connectivity index is 1.60. The Morgan fingerprint density at radius 1 is 1.14 bits per heavy atom. The van der Waals surface area contributed by atoms with E-state index in [1.807, 2.05) is 24.3 Å². The summed E-state index contributed by atoms with van der Waals surface area (Å²) in [4.78, 5) is 0. The summed E-state index contributed by atoms with van der Waals surface area (Å²) < 4.78 is 40.1. The molecule has 2 aromatic rings. The molecular formula is C20H24N2O6S. The summed E-state index contributed by atoms with van der Waals surface area (Å²) in [6.45, 7) is 1.09. The fraction of sp³-hybridized carbons (Fsp3) is 0.350. The Morgan fingerprint density at radius 3 is 2.38 bits per heavy atom. The van der Waals surface area contributed by atoms with Crippen molar-refractivity contribution in [1.29, 1.82) is 0 Å². The van der Waals surface area contributed by atoms with Gasteiger partial charge in [-0.15, -0.1) is 0 Å². The van der Waals surface area contributed by atoms with Gasteiger partial charge in [0.1, 0.15) is 17.0 Å². The first-order chi connectivity index (χ1) is 14.0. The Hall–Kier alpha value is -2.62. The molecular weight excluding hydrogens is 396 g/mol. The van der Waals surface area contributed by atoms with Crippen LogP contribution in [0.25, 0.3) is 0 Å². The molecule has 1 aliphatic heterocycles. The molecule has 0 aromatic heterocycles. The highest BCUT2D eigenvalue weighted by Crippen LogP contribution is 2.23. The minimum absolute atomic E-state index is 0.0185. The van der Waals surface area contributed by atoms with Crippen LogP contribution in [-0.4, -0.2) is 51.0 Å². The highest BCUT2D eigenvalue weighted by Gasteiger charge is 2.44. The normalized spacial score (nSPS) is 16.1. The number of nitrogens with zero attached hydrogens (tertiary/aromatic N) is 1. The van der Waals surface area contributed by atoms with Crippen molar-refractivity contribution >= 4 is 15.8 Å². The van der Waals surface area contributed by atoms with Gasteiger partial charge in [-0.2, -0.15) is 8.42 Å². The van der Waals surface area contributed by atoms with Gasteiger partial charge in [-0.1, -0.05) is 35.5 Å². The third kappa shape index (κ3) is 5.47. The maximum absolute atomic E-state index is 12.3. The van der Waals surface area contributed by atoms with Crippen LogP contribution in [-0.2, 0) is 21.4 Å². The lowest BCUT2D eigenvalue weighted by molar-refractivity contribution is -0.0398. The molecule has 29 heavy (non-hydrogen) atoms. The first-order valence-electron chi connectivity index (χ1n) is 9.11. The number of methoxy groups -OCH3 is 1. The maximum atomic E-state index is 12.3. The van der Waals surface area contributed by atoms with E-state index in [9.17, 15) is 13.6 Å². The number of para-hydroxylation sites is 1. The number of oxime groups is 1. The van der Waals surface area contributed by atoms with E-state index in [0.29, 0.717) is 25.5 Å². The van der Waals surface area contributed by atoms with Crippen LogP contribution in [0.4, 0.5) is 0 Å². The van der Waals surface area contributed by atoms with Gasteiger partial charge >= 0.3 is 10.1 Å². The lowest BCUT2D eigenvalue weighted by Gasteiger charge is -2.42. The average molecular weight is 420 g/mol. The van der Waals surface area contributed by atoms with E-state index in [-0.39, 0.29) is 17.9 Å². The molecule has 0 bridgehead atoms. The van der Waals surface area contributed by atoms with E-state index in [2.05, 4.69) is 10.5 Å². The predicted molar refractivity (Wildman–Crippen MR) is 108 cm³/mol. The van der Waals surface area contributed by atoms with Crippen LogP contribution in [0.1, 0.15) is 12.0 Å². The summed E-state index contributed by atoms with van der Waals surface area (Å²) in [6.07, 6.45) is 0.0185. The Bertz CT molecular complexity index is 925. The zero-order chi connectivity index (χ0) is 20.7. The lowest BCUT2D eigenvalue weighted by Crippen LogP contribution is -2.65. The minimum atomic E-state index is -3.83. The second-order valence-corrected chi connectivity index (χ2v) is 8.42. The van der Waals surface area contributed by atoms with E-state index in [4.69, 9.17) is 13.7 Å². The topological polar surface area (TPSA) is 106 Å². The lowest BCUT2D eigenvalue weighted by atomic mass is 9.89. The maximum Gasteiger partial charge on any atom is 0.309 e. The molecule has 1 aliphatic rings. The molecule has 0 saturated carbocycles. The van der Waals surface area contributed by atoms with Gasteiger partial charge in [0, 0.05) is 13.0 Å². The summed E-state index contributed by atoms with van der Waals surface area (Å²) in [5, 5.41) is 16.2. The summed E-state index contributed by atoms with van der Waals surface area (Å²) in [7, 11) is -2.23. The molecule has 0 aliphatic carbocycles. The Kier molecular flexibility index (Phi) is 6.73. The molecule has 0 amide bonds. The number of ether oxygens (including phenoxy) is 2. The van der Waals surface area contributed by atoms with Crippen LogP contribution in [0, 0.1) is 0 Å². The van der Waals surface area contributed by atoms with Crippen LogP contribution in [0.2, 0.25) is 0 Å². The van der Waals surface area contributed by atoms with E-state index in [1.54, 1.807) is 37.4 Å². The van der Waals surface area contributed by atoms with Crippen molar-refractivity contribution in [1.82, 2.24) is 5.32 Å². The molecule has 0 radical (unpaired) electrons. The van der Waals surface area contributed by atoms with Crippen molar-refractivity contribution in [3.63, 3.8) is 0 Å². The van der Waals surface area contributed by atoms with Crippen LogP contribution in [0.15, 0.2) is 59.8 Å². The zero-order valence-electron chi connectivity index (χ0n) is 16.1. The third-order valence-corrected chi connectivity index (χ3v) is 5.87. The molecule has 0 spiro atoms. The van der Waals surface area contributed by atoms with Gasteiger partial charge in [0.25, 0.3) is 0 Å². The zero-order valence-corrected chi connectivity index (χ0v) is 16.9. The Morgan fingerprint density at radius 2 is 1.83 bits per heavy atom. The van der Waals surface area contributed by atoms with E-state index < -0.39 is 15.7 Å². The van der Waals surface area contributed by atoms with Gasteiger partial charge in [0.05, 0.1) is 31.8 Å². The molecule has 1 fully saturated rings. The van der Waals surface area contributed by atoms with Gasteiger partial charge in [0.15, 0.2) is 0 Å². The average Bonchev–Trinajstić information content (AvgIpc) is 2.70. The molecule has 2 aromatic carbocycles. The first kappa shape index (κ1) is 21.1. The van der Waals surface area contributed by atoms with Gasteiger partial charge in [-0.3, -0.25) is 5.32 Å². The molecule has 1 heterocycles. The minimum Gasteiger partial charge on any atom is -0.497 e. The second kappa shape index (κ2) is 9.25. The molecule has 1 saturated heterocycles. The van der Waals surface area contributed by atoms with Crippen molar-refractivity contribution in [2.45, 2.75) is 18.5 Å². The molecule has 3 rings (SSSR count). The van der Waals surface area contributed by atoms with Crippen molar-refractivity contribution in [3.8, 4) is 11.5 Å². The van der Waals surface area contributed by atoms with Crippen molar-refractivity contribution in [3.05, 3.63) is 60.2 Å². The number of hydrogen-bond acceptors (Lipinski definition) is 8. The van der Waals surface area contributed by atoms with Gasteiger partial charge < -0.3 is 18.9 Å². The molecule has 0 atom stereocenters. The first-order valence-corrected chi connectivity index (χ1v) is 10.7. The van der Waals surface area contributed by atoms with Gasteiger partial charge in [-0.05, 0) is 29.8 Å². The SMILES string of the molecule is COc1ccc(CNC2(C(CCS(=O)(=O)Oc3ccccc3)=NO)COC2)cc1. The van der Waals surface area contributed by atoms with E-state index in [1.165, 1.54) is 0 Å². The number of rotatable bonds is 10. The molecule has 8 nitrogen and oxygen atoms in total. The largest absolute Gasteiger partial charge is 0.497 e. The second-order valence-electron chi connectivity index (χ2n) is 6.73. The van der Waals surface area contributed by atoms with Crippen molar-refractivity contribution in [2.24, 2.45) is 5.16 Å². The molecule has 9 heteroatoms. The fourth-order valence-corrected chi connectivity index (χ4v) is 3.89. The number of benzene rings is 2. The third-order valence-electron chi connectivity index (χ3n) is 4.72. The quantitative estimate of drug-likeness (QED) is 0.263. The van der Waals surface area contributed by atoms with E-state index in [0.717, 1.165) is 11.3 Å². The van der Waals surface area contributed by atoms with Gasteiger partial charge in [-0.25, -0.2) is 0 Å². The van der Waals surface area contributed by atoms with Crippen LogP contribution >= 0.6 is 0 Å². The van der Waals surface area contributed by atoms with E-state index >= 15 is 0 Å². The Labute approximate surface area is 170 Å². The monoisotopic (exact) mass is 420 g/mol. The predicted octanol–water partition coefficient (Wildman–Crippen LogP) is 2.18. The van der Waals surface area contributed by atoms with Crippen molar-refractivity contribution in [2.75, 3.05) is 26.1 Å². The smallest absolute Gasteiger partial charge is 0.309 e. The number of nitrogens with one attached hydrogen (secondary N) is 1. The summed E-state index contributed by atoms with van der Waals surface area (Å²) in [6, 6.07) is 15.8. The van der Waals surface area contributed by atoms with Crippen molar-refractivity contribution < 1.29 is 27.3 Å². The highest BCUT2D eigenvalue weighted by atomic mass is 32.2. The van der Waals surface area contributed by atoms with Crippen LogP contribution < -0.4 is 14.2 Å². The van der Waals surface area contributed by atoms with Crippen LogP contribution in [0.5, 0.6) is 11.5 Å².